The van der Waals surface area contributed by atoms with Crippen LogP contribution >= 0.6 is 23.5 Å². The summed E-state index contributed by atoms with van der Waals surface area (Å²) < 4.78 is 0. The average molecular weight is 302 g/mol. The van der Waals surface area contributed by atoms with Gasteiger partial charge in [-0.15, -0.1) is 0 Å². The molecule has 1 aliphatic heterocycles. The minimum Gasteiger partial charge on any atom is -0.313 e. The number of hydrogen-bond donors (Lipinski definition) is 1. The fraction of sp³-hybridized carbons (Fsp3) is 1.00. The van der Waals surface area contributed by atoms with Crippen molar-refractivity contribution in [1.82, 2.24) is 5.32 Å². The predicted octanol–water partition coefficient (Wildman–Crippen LogP) is 4.56. The van der Waals surface area contributed by atoms with Crippen molar-refractivity contribution in [3.63, 3.8) is 0 Å². The molecule has 1 heterocycles. The van der Waals surface area contributed by atoms with E-state index in [0.717, 1.165) is 22.5 Å². The van der Waals surface area contributed by atoms with Gasteiger partial charge in [0.15, 0.2) is 0 Å². The molecule has 0 aromatic rings. The Morgan fingerprint density at radius 3 is 2.37 bits per heavy atom. The lowest BCUT2D eigenvalue weighted by atomic mass is 9.88. The molecule has 1 saturated heterocycles. The highest BCUT2D eigenvalue weighted by Gasteiger charge is 2.34. The first-order valence-corrected chi connectivity index (χ1v) is 10.4. The monoisotopic (exact) mass is 301 g/mol. The first-order valence-electron chi connectivity index (χ1n) is 8.29. The van der Waals surface area contributed by atoms with Crippen molar-refractivity contribution >= 4 is 23.5 Å². The highest BCUT2D eigenvalue weighted by molar-refractivity contribution is 8.07. The maximum Gasteiger partial charge on any atom is 0.0320 e. The summed E-state index contributed by atoms with van der Waals surface area (Å²) >= 11 is 4.44. The van der Waals surface area contributed by atoms with Gasteiger partial charge >= 0.3 is 0 Å². The molecule has 3 heteroatoms. The molecule has 3 atom stereocenters. The fourth-order valence-corrected chi connectivity index (χ4v) is 6.62. The van der Waals surface area contributed by atoms with Crippen molar-refractivity contribution in [3.8, 4) is 0 Å². The van der Waals surface area contributed by atoms with Gasteiger partial charge in [0.25, 0.3) is 0 Å². The molecule has 2 rings (SSSR count). The van der Waals surface area contributed by atoms with Crippen LogP contribution in [0.2, 0.25) is 0 Å². The van der Waals surface area contributed by atoms with Crippen LogP contribution in [0.1, 0.15) is 58.8 Å². The van der Waals surface area contributed by atoms with Gasteiger partial charge in [-0.2, -0.15) is 23.5 Å². The quantitative estimate of drug-likeness (QED) is 0.748. The van der Waals surface area contributed by atoms with E-state index in [4.69, 9.17) is 0 Å². The van der Waals surface area contributed by atoms with Crippen LogP contribution in [0.4, 0.5) is 0 Å². The smallest absolute Gasteiger partial charge is 0.0320 e. The van der Waals surface area contributed by atoms with E-state index in [1.807, 2.05) is 0 Å². The summed E-state index contributed by atoms with van der Waals surface area (Å²) in [6, 6.07) is 0.769. The zero-order valence-electron chi connectivity index (χ0n) is 12.7. The zero-order chi connectivity index (χ0) is 13.5. The number of nitrogens with one attached hydrogen (secondary N) is 1. The Balaban J connectivity index is 1.99. The van der Waals surface area contributed by atoms with Crippen LogP contribution in [0.25, 0.3) is 0 Å². The van der Waals surface area contributed by atoms with Crippen LogP contribution in [0.3, 0.4) is 0 Å². The summed E-state index contributed by atoms with van der Waals surface area (Å²) in [4.78, 5) is 0. The van der Waals surface area contributed by atoms with E-state index in [0.29, 0.717) is 0 Å². The van der Waals surface area contributed by atoms with E-state index in [1.165, 1.54) is 63.0 Å². The van der Waals surface area contributed by atoms with Crippen LogP contribution in [0, 0.1) is 5.92 Å². The van der Waals surface area contributed by atoms with Gasteiger partial charge in [0.05, 0.1) is 0 Å². The third-order valence-electron chi connectivity index (χ3n) is 4.63. The minimum atomic E-state index is 0.769. The maximum absolute atomic E-state index is 3.93. The van der Waals surface area contributed by atoms with Crippen molar-refractivity contribution in [3.05, 3.63) is 0 Å². The molecule has 1 saturated carbocycles. The largest absolute Gasteiger partial charge is 0.313 e. The Morgan fingerprint density at radius 1 is 1.05 bits per heavy atom. The lowest BCUT2D eigenvalue weighted by Gasteiger charge is -2.39. The van der Waals surface area contributed by atoms with Crippen LogP contribution < -0.4 is 5.32 Å². The Hall–Kier alpha value is 0.660. The van der Waals surface area contributed by atoms with Crippen molar-refractivity contribution in [2.75, 3.05) is 18.1 Å². The highest BCUT2D eigenvalue weighted by atomic mass is 32.2. The maximum atomic E-state index is 3.93. The molecule has 2 aliphatic rings. The molecule has 1 nitrogen and oxygen atoms in total. The summed E-state index contributed by atoms with van der Waals surface area (Å²) in [7, 11) is 0. The Kier molecular flexibility index (Phi) is 7.46. The van der Waals surface area contributed by atoms with Crippen LogP contribution in [0.5, 0.6) is 0 Å². The fourth-order valence-electron chi connectivity index (χ4n) is 3.58. The first-order chi connectivity index (χ1) is 9.33. The Bertz CT molecular complexity index is 239. The molecule has 0 aromatic carbocycles. The highest BCUT2D eigenvalue weighted by Crippen LogP contribution is 2.38. The third-order valence-corrected chi connectivity index (χ3v) is 7.84. The molecule has 0 bridgehead atoms. The van der Waals surface area contributed by atoms with Crippen LogP contribution in [0.15, 0.2) is 0 Å². The normalized spacial score (nSPS) is 31.9. The topological polar surface area (TPSA) is 12.0 Å². The summed E-state index contributed by atoms with van der Waals surface area (Å²) in [5.74, 6) is 3.65. The SMILES string of the molecule is CCCNC(C1CCCCCC1)C1SCCSC1C. The molecule has 0 spiro atoms. The van der Waals surface area contributed by atoms with Gasteiger partial charge in [-0.05, 0) is 31.7 Å². The molecule has 0 aromatic heterocycles. The van der Waals surface area contributed by atoms with Crippen molar-refractivity contribution in [1.29, 1.82) is 0 Å². The summed E-state index contributed by atoms with van der Waals surface area (Å²) in [5.41, 5.74) is 0. The second kappa shape index (κ2) is 8.84. The molecule has 19 heavy (non-hydrogen) atoms. The van der Waals surface area contributed by atoms with Gasteiger partial charge in [-0.25, -0.2) is 0 Å². The average Bonchev–Trinajstić information content (AvgIpc) is 2.70. The molecule has 0 amide bonds. The first kappa shape index (κ1) is 16.0. The lowest BCUT2D eigenvalue weighted by Crippen LogP contribution is -2.49. The summed E-state index contributed by atoms with van der Waals surface area (Å²) in [6.45, 7) is 5.96. The molecule has 3 unspecified atom stereocenters. The molecule has 1 N–H and O–H groups in total. The van der Waals surface area contributed by atoms with Gasteiger partial charge in [0.2, 0.25) is 0 Å². The van der Waals surface area contributed by atoms with E-state index < -0.39 is 0 Å². The van der Waals surface area contributed by atoms with Crippen molar-refractivity contribution in [2.45, 2.75) is 75.3 Å². The molecule has 2 fully saturated rings. The number of hydrogen-bond acceptors (Lipinski definition) is 3. The third kappa shape index (κ3) is 4.86. The summed E-state index contributed by atoms with van der Waals surface area (Å²) in [5, 5.41) is 5.60. The lowest BCUT2D eigenvalue weighted by molar-refractivity contribution is 0.311. The van der Waals surface area contributed by atoms with Crippen molar-refractivity contribution in [2.24, 2.45) is 5.92 Å². The van der Waals surface area contributed by atoms with E-state index >= 15 is 0 Å². The van der Waals surface area contributed by atoms with Gasteiger partial charge in [-0.3, -0.25) is 0 Å². The Morgan fingerprint density at radius 2 is 1.74 bits per heavy atom. The van der Waals surface area contributed by atoms with Gasteiger partial charge in [0.1, 0.15) is 0 Å². The van der Waals surface area contributed by atoms with E-state index in [-0.39, 0.29) is 0 Å². The van der Waals surface area contributed by atoms with E-state index in [1.54, 1.807) is 0 Å². The summed E-state index contributed by atoms with van der Waals surface area (Å²) in [6.07, 6.45) is 10.1. The molecule has 0 radical (unpaired) electrons. The molecule has 1 aliphatic carbocycles. The minimum absolute atomic E-state index is 0.769. The standard InChI is InChI=1S/C16H31NS2/c1-3-10-17-15(14-8-6-4-5-7-9-14)16-13(2)18-11-12-19-16/h13-17H,3-12H2,1-2H3. The van der Waals surface area contributed by atoms with Gasteiger partial charge in [-0.1, -0.05) is 39.5 Å². The second-order valence-electron chi connectivity index (χ2n) is 6.14. The predicted molar refractivity (Wildman–Crippen MR) is 91.4 cm³/mol. The second-order valence-corrected chi connectivity index (χ2v) is 8.91. The van der Waals surface area contributed by atoms with Crippen LogP contribution in [-0.2, 0) is 0 Å². The van der Waals surface area contributed by atoms with Gasteiger partial charge < -0.3 is 5.32 Å². The number of rotatable bonds is 5. The Labute approximate surface area is 128 Å². The molecular weight excluding hydrogens is 270 g/mol. The van der Waals surface area contributed by atoms with Crippen LogP contribution in [-0.4, -0.2) is 34.6 Å². The molecule has 112 valence electrons. The van der Waals surface area contributed by atoms with Gasteiger partial charge in [0, 0.05) is 28.0 Å². The molecular formula is C16H31NS2. The number of thioether (sulfide) groups is 2. The van der Waals surface area contributed by atoms with Crippen molar-refractivity contribution < 1.29 is 0 Å². The zero-order valence-corrected chi connectivity index (χ0v) is 14.3. The van der Waals surface area contributed by atoms with E-state index in [9.17, 15) is 0 Å². The van der Waals surface area contributed by atoms with E-state index in [2.05, 4.69) is 42.7 Å².